The highest BCUT2D eigenvalue weighted by molar-refractivity contribution is 5.38. The van der Waals surface area contributed by atoms with Gasteiger partial charge in [-0.2, -0.15) is 5.26 Å². The van der Waals surface area contributed by atoms with Gasteiger partial charge >= 0.3 is 0 Å². The number of nitriles is 1. The van der Waals surface area contributed by atoms with Crippen LogP contribution >= 0.6 is 0 Å². The molecule has 1 aliphatic rings. The SMILES string of the molecule is CCOC(=CC(C)(C)C(C#N)(CCN(C)C)c1ccccc1)N1CCOCC1. The van der Waals surface area contributed by atoms with Crippen LogP contribution in [0.3, 0.4) is 0 Å². The largest absolute Gasteiger partial charge is 0.480 e. The summed E-state index contributed by atoms with van der Waals surface area (Å²) in [6, 6.07) is 12.9. The van der Waals surface area contributed by atoms with Gasteiger partial charge in [0.1, 0.15) is 0 Å². The fourth-order valence-electron chi connectivity index (χ4n) is 3.80. The molecule has 1 atom stereocenters. The molecule has 0 N–H and O–H groups in total. The van der Waals surface area contributed by atoms with E-state index < -0.39 is 10.8 Å². The lowest BCUT2D eigenvalue weighted by molar-refractivity contribution is 0.0137. The fraction of sp³-hybridized carbons (Fsp3) is 0.609. The zero-order chi connectivity index (χ0) is 20.6. The summed E-state index contributed by atoms with van der Waals surface area (Å²) in [7, 11) is 4.10. The molecule has 154 valence electrons. The second-order valence-corrected chi connectivity index (χ2v) is 8.17. The van der Waals surface area contributed by atoms with Crippen molar-refractivity contribution in [3.63, 3.8) is 0 Å². The van der Waals surface area contributed by atoms with Crippen LogP contribution in [0.25, 0.3) is 0 Å². The number of nitrogens with zero attached hydrogens (tertiary/aromatic N) is 3. The predicted molar refractivity (Wildman–Crippen MR) is 113 cm³/mol. The lowest BCUT2D eigenvalue weighted by Crippen LogP contribution is -2.44. The molecule has 0 saturated carbocycles. The Bertz CT molecular complexity index is 673. The maximum Gasteiger partial charge on any atom is 0.185 e. The molecule has 2 rings (SSSR count). The van der Waals surface area contributed by atoms with Crippen molar-refractivity contribution in [2.24, 2.45) is 5.41 Å². The van der Waals surface area contributed by atoms with Crippen molar-refractivity contribution < 1.29 is 9.47 Å². The van der Waals surface area contributed by atoms with Gasteiger partial charge in [-0.05, 0) is 45.6 Å². The lowest BCUT2D eigenvalue weighted by atomic mass is 9.60. The Morgan fingerprint density at radius 2 is 1.89 bits per heavy atom. The molecule has 0 amide bonds. The van der Waals surface area contributed by atoms with Gasteiger partial charge in [0, 0.05) is 18.5 Å². The van der Waals surface area contributed by atoms with Crippen molar-refractivity contribution in [3.8, 4) is 6.07 Å². The molecule has 0 radical (unpaired) electrons. The third kappa shape index (κ3) is 5.06. The van der Waals surface area contributed by atoms with E-state index in [0.29, 0.717) is 19.8 Å². The molecule has 1 saturated heterocycles. The maximum absolute atomic E-state index is 10.5. The molecule has 1 aromatic carbocycles. The Morgan fingerprint density at radius 1 is 1.25 bits per heavy atom. The van der Waals surface area contributed by atoms with Crippen LogP contribution in [-0.2, 0) is 14.9 Å². The first-order valence-electron chi connectivity index (χ1n) is 10.2. The van der Waals surface area contributed by atoms with Crippen molar-refractivity contribution in [1.29, 1.82) is 5.26 Å². The molecular weight excluding hydrogens is 350 g/mol. The third-order valence-electron chi connectivity index (χ3n) is 5.59. The number of ether oxygens (including phenoxy) is 2. The summed E-state index contributed by atoms with van der Waals surface area (Å²) >= 11 is 0. The fourth-order valence-corrected chi connectivity index (χ4v) is 3.80. The molecule has 1 fully saturated rings. The predicted octanol–water partition coefficient (Wildman–Crippen LogP) is 3.64. The monoisotopic (exact) mass is 385 g/mol. The first-order chi connectivity index (χ1) is 13.4. The maximum atomic E-state index is 10.5. The number of rotatable bonds is 9. The van der Waals surface area contributed by atoms with Crippen LogP contribution in [-0.4, -0.2) is 63.4 Å². The Balaban J connectivity index is 2.49. The first-order valence-corrected chi connectivity index (χ1v) is 10.2. The molecule has 5 nitrogen and oxygen atoms in total. The van der Waals surface area contributed by atoms with Gasteiger partial charge in [0.05, 0.1) is 31.3 Å². The minimum absolute atomic E-state index is 0.429. The van der Waals surface area contributed by atoms with E-state index in [2.05, 4.69) is 62.0 Å². The highest BCUT2D eigenvalue weighted by Crippen LogP contribution is 2.46. The van der Waals surface area contributed by atoms with Gasteiger partial charge in [0.2, 0.25) is 0 Å². The molecule has 28 heavy (non-hydrogen) atoms. The minimum Gasteiger partial charge on any atom is -0.480 e. The summed E-state index contributed by atoms with van der Waals surface area (Å²) in [6.45, 7) is 10.8. The Labute approximate surface area is 170 Å². The second kappa shape index (κ2) is 9.95. The average Bonchev–Trinajstić information content (AvgIpc) is 2.69. The molecule has 5 heteroatoms. The van der Waals surface area contributed by atoms with Gasteiger partial charge in [-0.25, -0.2) is 0 Å². The van der Waals surface area contributed by atoms with Gasteiger partial charge < -0.3 is 19.3 Å². The summed E-state index contributed by atoms with van der Waals surface area (Å²) in [4.78, 5) is 4.37. The average molecular weight is 386 g/mol. The smallest absolute Gasteiger partial charge is 0.185 e. The van der Waals surface area contributed by atoms with Crippen molar-refractivity contribution in [2.75, 3.05) is 53.6 Å². The molecule has 0 bridgehead atoms. The molecule has 1 heterocycles. The zero-order valence-corrected chi connectivity index (χ0v) is 18.1. The van der Waals surface area contributed by atoms with E-state index in [4.69, 9.17) is 9.47 Å². The number of allylic oxidation sites excluding steroid dienone is 1. The van der Waals surface area contributed by atoms with Gasteiger partial charge in [0.25, 0.3) is 0 Å². The molecule has 1 aromatic rings. The van der Waals surface area contributed by atoms with Crippen molar-refractivity contribution in [2.45, 2.75) is 32.6 Å². The van der Waals surface area contributed by atoms with E-state index in [1.54, 1.807) is 0 Å². The van der Waals surface area contributed by atoms with Crippen LogP contribution in [0.5, 0.6) is 0 Å². The second-order valence-electron chi connectivity index (χ2n) is 8.17. The Morgan fingerprint density at radius 3 is 2.43 bits per heavy atom. The van der Waals surface area contributed by atoms with E-state index in [1.807, 2.05) is 25.1 Å². The normalized spacial score (nSPS) is 17.9. The highest BCUT2D eigenvalue weighted by atomic mass is 16.5. The summed E-state index contributed by atoms with van der Waals surface area (Å²) in [5, 5.41) is 10.5. The number of hydrogen-bond donors (Lipinski definition) is 0. The van der Waals surface area contributed by atoms with Crippen LogP contribution in [0.2, 0.25) is 0 Å². The zero-order valence-electron chi connectivity index (χ0n) is 18.1. The summed E-state index contributed by atoms with van der Waals surface area (Å²) in [5.41, 5.74) is -0.0341. The minimum atomic E-state index is -0.660. The van der Waals surface area contributed by atoms with E-state index in [9.17, 15) is 5.26 Å². The number of morpholine rings is 1. The van der Waals surface area contributed by atoms with Crippen molar-refractivity contribution in [1.82, 2.24) is 9.80 Å². The molecule has 0 aromatic heterocycles. The summed E-state index contributed by atoms with van der Waals surface area (Å²) in [6.07, 6.45) is 2.90. The van der Waals surface area contributed by atoms with Crippen LogP contribution in [0.1, 0.15) is 32.8 Å². The molecule has 1 aliphatic heterocycles. The standard InChI is InChI=1S/C23H35N3O2/c1-6-28-21(26-14-16-27-17-15-26)18-22(2,3)23(19-24,12-13-25(4)5)20-10-8-7-9-11-20/h7-11,18H,6,12-17H2,1-5H3. The van der Waals surface area contributed by atoms with Gasteiger partial charge in [0.15, 0.2) is 5.88 Å². The Hall–Kier alpha value is -2.03. The Kier molecular flexibility index (Phi) is 7.91. The first kappa shape index (κ1) is 22.3. The molecule has 1 unspecified atom stereocenters. The van der Waals surface area contributed by atoms with Crippen LogP contribution in [0.4, 0.5) is 0 Å². The van der Waals surface area contributed by atoms with Gasteiger partial charge in [-0.1, -0.05) is 44.2 Å². The molecule has 0 spiro atoms. The molecule has 0 aliphatic carbocycles. The summed E-state index contributed by atoms with van der Waals surface area (Å²) < 4.78 is 11.5. The number of benzene rings is 1. The van der Waals surface area contributed by atoms with Gasteiger partial charge in [-0.3, -0.25) is 0 Å². The summed E-state index contributed by atoms with van der Waals surface area (Å²) in [5.74, 6) is 0.858. The van der Waals surface area contributed by atoms with E-state index >= 15 is 0 Å². The van der Waals surface area contributed by atoms with Crippen LogP contribution in [0, 0.1) is 16.7 Å². The number of hydrogen-bond acceptors (Lipinski definition) is 5. The third-order valence-corrected chi connectivity index (χ3v) is 5.59. The molecular formula is C23H35N3O2. The van der Waals surface area contributed by atoms with Gasteiger partial charge in [-0.15, -0.1) is 0 Å². The van der Waals surface area contributed by atoms with E-state index in [0.717, 1.165) is 37.5 Å². The van der Waals surface area contributed by atoms with Crippen LogP contribution < -0.4 is 0 Å². The lowest BCUT2D eigenvalue weighted by Gasteiger charge is -2.42. The highest BCUT2D eigenvalue weighted by Gasteiger charge is 2.46. The topological polar surface area (TPSA) is 48.7 Å². The van der Waals surface area contributed by atoms with E-state index in [1.165, 1.54) is 0 Å². The van der Waals surface area contributed by atoms with E-state index in [-0.39, 0.29) is 0 Å². The van der Waals surface area contributed by atoms with Crippen molar-refractivity contribution >= 4 is 0 Å². The quantitative estimate of drug-likeness (QED) is 0.608. The van der Waals surface area contributed by atoms with Crippen molar-refractivity contribution in [3.05, 3.63) is 47.9 Å². The van der Waals surface area contributed by atoms with Crippen LogP contribution in [0.15, 0.2) is 42.3 Å².